The Kier molecular flexibility index (Phi) is 8.46. The van der Waals surface area contributed by atoms with Gasteiger partial charge in [0.05, 0.1) is 23.2 Å². The third-order valence-corrected chi connectivity index (χ3v) is 10.4. The van der Waals surface area contributed by atoms with E-state index in [0.29, 0.717) is 32.1 Å². The molecule has 6 heterocycles. The summed E-state index contributed by atoms with van der Waals surface area (Å²) in [5, 5.41) is 28.1. The van der Waals surface area contributed by atoms with Crippen LogP contribution in [0.3, 0.4) is 0 Å². The Labute approximate surface area is 291 Å². The maximum Gasteiger partial charge on any atom is 0.234 e. The van der Waals surface area contributed by atoms with Gasteiger partial charge in [-0.15, -0.1) is 5.10 Å². The fraction of sp³-hybridized carbons (Fsp3) is 0.395. The average molecular weight is 674 g/mol. The van der Waals surface area contributed by atoms with Gasteiger partial charge in [-0.2, -0.15) is 5.10 Å². The first kappa shape index (κ1) is 32.3. The van der Waals surface area contributed by atoms with Crippen LogP contribution in [-0.4, -0.2) is 103 Å². The zero-order chi connectivity index (χ0) is 34.4. The number of hydrogen-bond acceptors (Lipinski definition) is 9. The number of carbonyl (C=O) groups excluding carboxylic acids is 1. The standard InChI is InChI=1S/C38H43N9O3/c1-25(2)50-34-11-8-29(21-39-34)36-31-20-30(9-10-32(31)40-42-36)47-19-15-38(37(47)49)14-18-45(24-38)23-35(48)46-16-12-27(13-17-46)26-4-6-28(7-5-26)33-22-44(3)43-41-33/h4-12,20-22,25,35,48H,13-19,23-24H2,1-3H3,(H,40,42)/t35?,38-/m0/s1. The van der Waals surface area contributed by atoms with Crippen molar-refractivity contribution in [2.24, 2.45) is 12.5 Å². The summed E-state index contributed by atoms with van der Waals surface area (Å²) in [7, 11) is 1.87. The second kappa shape index (κ2) is 13.1. The van der Waals surface area contributed by atoms with Crippen LogP contribution in [0.15, 0.2) is 73.1 Å². The minimum Gasteiger partial charge on any atom is -0.475 e. The zero-order valence-electron chi connectivity index (χ0n) is 28.8. The Morgan fingerprint density at radius 2 is 1.80 bits per heavy atom. The molecule has 1 amide bonds. The van der Waals surface area contributed by atoms with Gasteiger partial charge in [0, 0.05) is 74.2 Å². The Balaban J connectivity index is 0.887. The van der Waals surface area contributed by atoms with Crippen LogP contribution in [-0.2, 0) is 11.8 Å². The normalized spacial score (nSPS) is 20.8. The lowest BCUT2D eigenvalue weighted by Gasteiger charge is -2.33. The molecule has 5 aromatic rings. The number of amides is 1. The molecule has 2 atom stereocenters. The number of aryl methyl sites for hydroxylation is 1. The summed E-state index contributed by atoms with van der Waals surface area (Å²) in [6, 6.07) is 18.3. The number of rotatable bonds is 9. The van der Waals surface area contributed by atoms with Gasteiger partial charge in [0.25, 0.3) is 0 Å². The zero-order valence-corrected chi connectivity index (χ0v) is 28.8. The summed E-state index contributed by atoms with van der Waals surface area (Å²) in [6.45, 7) is 8.11. The van der Waals surface area contributed by atoms with Crippen LogP contribution in [0.1, 0.15) is 38.7 Å². The van der Waals surface area contributed by atoms with Crippen molar-refractivity contribution in [2.75, 3.05) is 44.2 Å². The molecule has 0 bridgehead atoms. The van der Waals surface area contributed by atoms with Crippen molar-refractivity contribution in [3.63, 3.8) is 0 Å². The largest absolute Gasteiger partial charge is 0.475 e. The van der Waals surface area contributed by atoms with E-state index in [0.717, 1.165) is 71.5 Å². The summed E-state index contributed by atoms with van der Waals surface area (Å²) in [6.07, 6.45) is 7.86. The molecular formula is C38H43N9O3. The number of carbonyl (C=O) groups is 1. The van der Waals surface area contributed by atoms with Crippen LogP contribution in [0.4, 0.5) is 5.69 Å². The third kappa shape index (κ3) is 6.19. The van der Waals surface area contributed by atoms with E-state index >= 15 is 0 Å². The highest BCUT2D eigenvalue weighted by Gasteiger charge is 2.51. The van der Waals surface area contributed by atoms with E-state index in [1.165, 1.54) is 11.1 Å². The molecular weight excluding hydrogens is 630 g/mol. The number of ether oxygens (including phenoxy) is 1. The van der Waals surface area contributed by atoms with Gasteiger partial charge in [0.1, 0.15) is 17.6 Å². The number of aromatic amines is 1. The monoisotopic (exact) mass is 673 g/mol. The summed E-state index contributed by atoms with van der Waals surface area (Å²) >= 11 is 0. The van der Waals surface area contributed by atoms with Crippen molar-refractivity contribution in [3.8, 4) is 28.4 Å². The van der Waals surface area contributed by atoms with Gasteiger partial charge in [-0.05, 0) is 75.1 Å². The number of aliphatic hydroxyl groups is 1. The van der Waals surface area contributed by atoms with Gasteiger partial charge in [0.2, 0.25) is 11.8 Å². The predicted octanol–water partition coefficient (Wildman–Crippen LogP) is 4.74. The van der Waals surface area contributed by atoms with Gasteiger partial charge in [-0.1, -0.05) is 35.6 Å². The van der Waals surface area contributed by atoms with Crippen molar-refractivity contribution in [3.05, 3.63) is 78.6 Å². The minimum absolute atomic E-state index is 0.0498. The Hall–Kier alpha value is -4.91. The minimum atomic E-state index is -0.586. The number of anilines is 1. The van der Waals surface area contributed by atoms with Crippen molar-refractivity contribution in [1.82, 2.24) is 40.0 Å². The maximum absolute atomic E-state index is 14.1. The molecule has 2 fully saturated rings. The molecule has 8 rings (SSSR count). The fourth-order valence-corrected chi connectivity index (χ4v) is 7.68. The number of H-pyrrole nitrogens is 1. The highest BCUT2D eigenvalue weighted by molar-refractivity contribution is 6.03. The van der Waals surface area contributed by atoms with E-state index in [1.54, 1.807) is 10.9 Å². The van der Waals surface area contributed by atoms with Crippen LogP contribution < -0.4 is 9.64 Å². The highest BCUT2D eigenvalue weighted by Crippen LogP contribution is 2.43. The molecule has 0 radical (unpaired) electrons. The lowest BCUT2D eigenvalue weighted by molar-refractivity contribution is -0.125. The van der Waals surface area contributed by atoms with Gasteiger partial charge in [-0.3, -0.25) is 24.4 Å². The molecule has 2 aromatic carbocycles. The van der Waals surface area contributed by atoms with E-state index in [-0.39, 0.29) is 12.0 Å². The number of hydrogen-bond donors (Lipinski definition) is 2. The summed E-state index contributed by atoms with van der Waals surface area (Å²) in [4.78, 5) is 24.8. The molecule has 1 unspecified atom stereocenters. The molecule has 3 aliphatic rings. The summed E-state index contributed by atoms with van der Waals surface area (Å²) < 4.78 is 7.41. The maximum atomic E-state index is 14.1. The fourth-order valence-electron chi connectivity index (χ4n) is 7.68. The van der Waals surface area contributed by atoms with Crippen LogP contribution in [0, 0.1) is 5.41 Å². The molecule has 1 spiro atoms. The van der Waals surface area contributed by atoms with E-state index in [2.05, 4.69) is 71.7 Å². The van der Waals surface area contributed by atoms with E-state index in [9.17, 15) is 9.90 Å². The molecule has 12 heteroatoms. The number of aliphatic hydroxyl groups excluding tert-OH is 1. The molecule has 258 valence electrons. The van der Waals surface area contributed by atoms with Gasteiger partial charge >= 0.3 is 0 Å². The summed E-state index contributed by atoms with van der Waals surface area (Å²) in [5.41, 5.74) is 7.44. The van der Waals surface area contributed by atoms with Crippen LogP contribution in [0.25, 0.3) is 39.0 Å². The molecule has 0 saturated carbocycles. The number of benzene rings is 2. The SMILES string of the molecule is CC(C)Oc1ccc(-c2n[nH]c3ccc(N4CC[C@]5(CCN(CC(O)N6CC=C(c7ccc(-c8cn(C)nn8)cc7)CC6)C5)C4=O)cc23)cn1. The number of nitrogens with zero attached hydrogens (tertiary/aromatic N) is 8. The van der Waals surface area contributed by atoms with Crippen LogP contribution in [0.5, 0.6) is 5.88 Å². The smallest absolute Gasteiger partial charge is 0.234 e. The Morgan fingerprint density at radius 3 is 2.52 bits per heavy atom. The highest BCUT2D eigenvalue weighted by atomic mass is 16.5. The third-order valence-electron chi connectivity index (χ3n) is 10.4. The van der Waals surface area contributed by atoms with Gasteiger partial charge < -0.3 is 14.7 Å². The lowest BCUT2D eigenvalue weighted by atomic mass is 9.85. The number of likely N-dealkylation sites (tertiary alicyclic amines) is 1. The Bertz CT molecular complexity index is 2030. The van der Waals surface area contributed by atoms with Crippen molar-refractivity contribution in [1.29, 1.82) is 0 Å². The number of aromatic nitrogens is 6. The Morgan fingerprint density at radius 1 is 1.00 bits per heavy atom. The van der Waals surface area contributed by atoms with Crippen LogP contribution >= 0.6 is 0 Å². The second-order valence-electron chi connectivity index (χ2n) is 14.1. The molecule has 0 aliphatic carbocycles. The molecule has 12 nitrogen and oxygen atoms in total. The van der Waals surface area contributed by atoms with Crippen molar-refractivity contribution >= 4 is 28.1 Å². The first-order valence-corrected chi connectivity index (χ1v) is 17.5. The lowest BCUT2D eigenvalue weighted by Crippen LogP contribution is -2.46. The quantitative estimate of drug-likeness (QED) is 0.228. The van der Waals surface area contributed by atoms with Crippen molar-refractivity contribution in [2.45, 2.75) is 45.4 Å². The molecule has 2 N–H and O–H groups in total. The van der Waals surface area contributed by atoms with E-state index in [1.807, 2.05) is 56.3 Å². The number of pyridine rings is 1. The predicted molar refractivity (Wildman–Crippen MR) is 192 cm³/mol. The number of fused-ring (bicyclic) bond motifs is 1. The van der Waals surface area contributed by atoms with Gasteiger partial charge in [0.15, 0.2) is 0 Å². The van der Waals surface area contributed by atoms with E-state index in [4.69, 9.17) is 4.74 Å². The molecule has 2 saturated heterocycles. The van der Waals surface area contributed by atoms with Crippen molar-refractivity contribution < 1.29 is 14.6 Å². The van der Waals surface area contributed by atoms with Crippen LogP contribution in [0.2, 0.25) is 0 Å². The van der Waals surface area contributed by atoms with E-state index < -0.39 is 11.6 Å². The number of nitrogens with one attached hydrogen (secondary N) is 1. The van der Waals surface area contributed by atoms with Gasteiger partial charge in [-0.25, -0.2) is 4.98 Å². The topological polar surface area (TPSA) is 129 Å². The molecule has 3 aromatic heterocycles. The number of β-amino-alcohol motifs (C(OH)–C–C–N with tert-alkyl or cyclic N) is 1. The second-order valence-corrected chi connectivity index (χ2v) is 14.1. The first-order chi connectivity index (χ1) is 24.2. The first-order valence-electron chi connectivity index (χ1n) is 17.5. The summed E-state index contributed by atoms with van der Waals surface area (Å²) in [5.74, 6) is 0.751. The molecule has 3 aliphatic heterocycles. The molecule has 50 heavy (non-hydrogen) atoms. The average Bonchev–Trinajstić information content (AvgIpc) is 3.92.